The molecule has 2 aromatic carbocycles. The third-order valence-electron chi connectivity index (χ3n) is 4.72. The molecule has 3 rings (SSSR count). The molecule has 7 heteroatoms. The Bertz CT molecular complexity index is 911. The van der Waals surface area contributed by atoms with Gasteiger partial charge < -0.3 is 4.90 Å². The van der Waals surface area contributed by atoms with Crippen molar-refractivity contribution < 1.29 is 4.92 Å². The molecule has 7 nitrogen and oxygen atoms in total. The van der Waals surface area contributed by atoms with E-state index in [1.54, 1.807) is 6.07 Å². The van der Waals surface area contributed by atoms with Gasteiger partial charge in [0, 0.05) is 38.8 Å². The van der Waals surface area contributed by atoms with Gasteiger partial charge in [-0.2, -0.15) is 10.5 Å². The lowest BCUT2D eigenvalue weighted by Gasteiger charge is -2.23. The number of hydrogen-bond acceptors (Lipinski definition) is 6. The molecule has 1 heterocycles. The Kier molecular flexibility index (Phi) is 5.65. The molecule has 0 atom stereocenters. The molecule has 0 radical (unpaired) electrons. The molecule has 2 aromatic rings. The summed E-state index contributed by atoms with van der Waals surface area (Å²) >= 11 is 0. The molecule has 0 aliphatic carbocycles. The number of anilines is 1. The minimum absolute atomic E-state index is 0.0366. The van der Waals surface area contributed by atoms with E-state index >= 15 is 0 Å². The summed E-state index contributed by atoms with van der Waals surface area (Å²) in [6.07, 6.45) is 0.879. The Labute approximate surface area is 157 Å². The fourth-order valence-electron chi connectivity index (χ4n) is 3.31. The highest BCUT2D eigenvalue weighted by atomic mass is 16.6. The summed E-state index contributed by atoms with van der Waals surface area (Å²) in [5, 5.41) is 29.4. The first-order valence-corrected chi connectivity index (χ1v) is 8.75. The summed E-state index contributed by atoms with van der Waals surface area (Å²) in [6, 6.07) is 16.2. The van der Waals surface area contributed by atoms with E-state index in [1.165, 1.54) is 12.1 Å². The van der Waals surface area contributed by atoms with E-state index in [2.05, 4.69) is 17.0 Å². The Morgan fingerprint density at radius 3 is 2.33 bits per heavy atom. The van der Waals surface area contributed by atoms with Crippen LogP contribution in [0.1, 0.15) is 23.1 Å². The van der Waals surface area contributed by atoms with Crippen LogP contribution in [0.5, 0.6) is 0 Å². The molecular weight excluding hydrogens is 342 g/mol. The molecule has 0 N–H and O–H groups in total. The Morgan fingerprint density at radius 2 is 1.67 bits per heavy atom. The van der Waals surface area contributed by atoms with Gasteiger partial charge in [0.15, 0.2) is 0 Å². The summed E-state index contributed by atoms with van der Waals surface area (Å²) in [6.45, 7) is 3.81. The molecular formula is C20H19N5O2. The van der Waals surface area contributed by atoms with Gasteiger partial charge in [-0.1, -0.05) is 12.1 Å². The smallest absolute Gasteiger partial charge is 0.292 e. The summed E-state index contributed by atoms with van der Waals surface area (Å²) in [4.78, 5) is 15.3. The van der Waals surface area contributed by atoms with E-state index in [0.29, 0.717) is 29.9 Å². The van der Waals surface area contributed by atoms with Gasteiger partial charge in [-0.05, 0) is 36.2 Å². The average molecular weight is 361 g/mol. The van der Waals surface area contributed by atoms with Crippen molar-refractivity contribution in [1.82, 2.24) is 4.90 Å². The minimum Gasteiger partial charge on any atom is -0.365 e. The Morgan fingerprint density at radius 1 is 0.963 bits per heavy atom. The average Bonchev–Trinajstić information content (AvgIpc) is 2.93. The van der Waals surface area contributed by atoms with E-state index in [1.807, 2.05) is 29.2 Å². The number of nitro groups is 1. The highest BCUT2D eigenvalue weighted by molar-refractivity contribution is 5.66. The van der Waals surface area contributed by atoms with Crippen LogP contribution in [-0.4, -0.2) is 36.0 Å². The monoisotopic (exact) mass is 361 g/mol. The predicted molar refractivity (Wildman–Crippen MR) is 101 cm³/mol. The molecule has 1 fully saturated rings. The van der Waals surface area contributed by atoms with Crippen LogP contribution in [0.4, 0.5) is 11.4 Å². The SMILES string of the molecule is N#Cc1ccc(CN2CCCN(c3cc(C#N)ccc3[N+](=O)[O-])CC2)cc1. The standard InChI is InChI=1S/C20H19N5O2/c21-13-16-2-4-17(5-3-16)15-23-8-1-9-24(11-10-23)20-12-18(14-22)6-7-19(20)25(26)27/h2-7,12H,1,8-11,15H2. The van der Waals surface area contributed by atoms with Gasteiger partial charge in [0.25, 0.3) is 5.69 Å². The van der Waals surface area contributed by atoms with Crippen LogP contribution in [0.3, 0.4) is 0 Å². The topological polar surface area (TPSA) is 97.2 Å². The number of benzene rings is 2. The van der Waals surface area contributed by atoms with Crippen LogP contribution in [0.25, 0.3) is 0 Å². The fraction of sp³-hybridized carbons (Fsp3) is 0.300. The molecule has 0 aromatic heterocycles. The number of hydrogen-bond donors (Lipinski definition) is 0. The van der Waals surface area contributed by atoms with Gasteiger partial charge in [0.2, 0.25) is 0 Å². The fourth-order valence-corrected chi connectivity index (χ4v) is 3.31. The first-order chi connectivity index (χ1) is 13.1. The third kappa shape index (κ3) is 4.41. The minimum atomic E-state index is -0.393. The van der Waals surface area contributed by atoms with Crippen molar-refractivity contribution in [2.45, 2.75) is 13.0 Å². The normalized spacial score (nSPS) is 14.8. The van der Waals surface area contributed by atoms with Crippen LogP contribution in [0, 0.1) is 32.8 Å². The second-order valence-corrected chi connectivity index (χ2v) is 6.50. The highest BCUT2D eigenvalue weighted by Gasteiger charge is 2.23. The maximum Gasteiger partial charge on any atom is 0.292 e. The van der Waals surface area contributed by atoms with Crippen LogP contribution in [-0.2, 0) is 6.54 Å². The maximum absolute atomic E-state index is 11.4. The highest BCUT2D eigenvalue weighted by Crippen LogP contribution is 2.30. The zero-order valence-electron chi connectivity index (χ0n) is 14.8. The van der Waals surface area contributed by atoms with Crippen molar-refractivity contribution in [2.75, 3.05) is 31.1 Å². The Hall–Kier alpha value is -3.42. The lowest BCUT2D eigenvalue weighted by Crippen LogP contribution is -2.30. The van der Waals surface area contributed by atoms with Crippen molar-refractivity contribution in [2.24, 2.45) is 0 Å². The quantitative estimate of drug-likeness (QED) is 0.613. The van der Waals surface area contributed by atoms with Crippen molar-refractivity contribution >= 4 is 11.4 Å². The second kappa shape index (κ2) is 8.31. The molecule has 1 aliphatic heterocycles. The van der Waals surface area contributed by atoms with E-state index in [9.17, 15) is 10.1 Å². The number of nitrogens with zero attached hydrogens (tertiary/aromatic N) is 5. The van der Waals surface area contributed by atoms with Gasteiger partial charge in [-0.25, -0.2) is 0 Å². The van der Waals surface area contributed by atoms with Crippen molar-refractivity contribution in [3.05, 3.63) is 69.3 Å². The first-order valence-electron chi connectivity index (χ1n) is 8.75. The van der Waals surface area contributed by atoms with Crippen molar-refractivity contribution in [3.8, 4) is 12.1 Å². The zero-order valence-corrected chi connectivity index (χ0v) is 14.8. The van der Waals surface area contributed by atoms with E-state index in [0.717, 1.165) is 31.6 Å². The molecule has 0 bridgehead atoms. The summed E-state index contributed by atoms with van der Waals surface area (Å²) in [7, 11) is 0. The van der Waals surface area contributed by atoms with Gasteiger partial charge in [-0.15, -0.1) is 0 Å². The molecule has 0 amide bonds. The summed E-state index contributed by atoms with van der Waals surface area (Å²) in [5.41, 5.74) is 2.76. The lowest BCUT2D eigenvalue weighted by molar-refractivity contribution is -0.384. The van der Waals surface area contributed by atoms with Crippen molar-refractivity contribution in [3.63, 3.8) is 0 Å². The van der Waals surface area contributed by atoms with E-state index in [-0.39, 0.29) is 5.69 Å². The predicted octanol–water partition coefficient (Wildman–Crippen LogP) is 3.05. The molecule has 0 saturated carbocycles. The molecule has 0 unspecified atom stereocenters. The van der Waals surface area contributed by atoms with E-state index < -0.39 is 4.92 Å². The van der Waals surface area contributed by atoms with Crippen LogP contribution in [0.15, 0.2) is 42.5 Å². The first kappa shape index (κ1) is 18.4. The lowest BCUT2D eigenvalue weighted by atomic mass is 10.1. The largest absolute Gasteiger partial charge is 0.365 e. The van der Waals surface area contributed by atoms with Gasteiger partial charge >= 0.3 is 0 Å². The maximum atomic E-state index is 11.4. The van der Waals surface area contributed by atoms with Crippen molar-refractivity contribution in [1.29, 1.82) is 10.5 Å². The summed E-state index contributed by atoms with van der Waals surface area (Å²) in [5.74, 6) is 0. The summed E-state index contributed by atoms with van der Waals surface area (Å²) < 4.78 is 0. The van der Waals surface area contributed by atoms with Crippen LogP contribution < -0.4 is 4.90 Å². The third-order valence-corrected chi connectivity index (χ3v) is 4.72. The van der Waals surface area contributed by atoms with Crippen LogP contribution in [0.2, 0.25) is 0 Å². The molecule has 0 spiro atoms. The van der Waals surface area contributed by atoms with Crippen LogP contribution >= 0.6 is 0 Å². The van der Waals surface area contributed by atoms with Gasteiger partial charge in [-0.3, -0.25) is 15.0 Å². The number of nitriles is 2. The molecule has 27 heavy (non-hydrogen) atoms. The van der Waals surface area contributed by atoms with E-state index in [4.69, 9.17) is 10.5 Å². The number of rotatable bonds is 4. The van der Waals surface area contributed by atoms with Gasteiger partial charge in [0.05, 0.1) is 28.2 Å². The molecule has 1 aliphatic rings. The molecule has 1 saturated heterocycles. The number of nitro benzene ring substituents is 1. The molecule has 136 valence electrons. The second-order valence-electron chi connectivity index (χ2n) is 6.50. The Balaban J connectivity index is 1.72. The zero-order chi connectivity index (χ0) is 19.2. The van der Waals surface area contributed by atoms with Gasteiger partial charge in [0.1, 0.15) is 5.69 Å².